The van der Waals surface area contributed by atoms with E-state index in [1.807, 2.05) is 0 Å². The third-order valence-corrected chi connectivity index (χ3v) is 5.50. The molecule has 2 fully saturated rings. The number of aliphatic hydroxyl groups is 5. The van der Waals surface area contributed by atoms with Gasteiger partial charge in [-0.1, -0.05) is 0 Å². The number of carboxylic acids is 1. The molecule has 0 aromatic carbocycles. The van der Waals surface area contributed by atoms with Gasteiger partial charge < -0.3 is 44.8 Å². The zero-order chi connectivity index (χ0) is 19.0. The highest BCUT2D eigenvalue weighted by atomic mass is 16.8. The van der Waals surface area contributed by atoms with E-state index >= 15 is 0 Å². The summed E-state index contributed by atoms with van der Waals surface area (Å²) in [6, 6.07) is 0. The maximum atomic E-state index is 11.4. The molecule has 0 radical (unpaired) electrons. The zero-order valence-electron chi connectivity index (χ0n) is 13.9. The number of hydrogen-bond donors (Lipinski definition) is 6. The molecule has 6 N–H and O–H groups in total. The van der Waals surface area contributed by atoms with Gasteiger partial charge in [0, 0.05) is 18.4 Å². The molecule has 2 heterocycles. The summed E-state index contributed by atoms with van der Waals surface area (Å²) >= 11 is 0. The van der Waals surface area contributed by atoms with Crippen LogP contribution in [0.5, 0.6) is 0 Å². The highest BCUT2D eigenvalue weighted by Gasteiger charge is 2.51. The van der Waals surface area contributed by atoms with E-state index in [2.05, 4.69) is 0 Å². The fourth-order valence-electron chi connectivity index (χ4n) is 4.06. The van der Waals surface area contributed by atoms with Gasteiger partial charge in [-0.05, 0) is 18.8 Å². The number of fused-ring (bicyclic) bond motifs is 1. The van der Waals surface area contributed by atoms with Crippen molar-refractivity contribution in [1.82, 2.24) is 0 Å². The summed E-state index contributed by atoms with van der Waals surface area (Å²) in [5.41, 5.74) is 0.0969. The van der Waals surface area contributed by atoms with E-state index in [0.29, 0.717) is 12.8 Å². The molecule has 1 saturated heterocycles. The molecule has 1 aliphatic carbocycles. The van der Waals surface area contributed by atoms with Crippen LogP contribution in [0.1, 0.15) is 12.8 Å². The number of aliphatic carboxylic acids is 1. The van der Waals surface area contributed by atoms with Gasteiger partial charge in [0.1, 0.15) is 24.4 Å². The van der Waals surface area contributed by atoms with Crippen molar-refractivity contribution < 1.29 is 49.6 Å². The maximum Gasteiger partial charge on any atom is 0.334 e. The number of aliphatic hydroxyl groups excluding tert-OH is 5. The predicted molar refractivity (Wildman–Crippen MR) is 82.2 cm³/mol. The molecule has 10 heteroatoms. The summed E-state index contributed by atoms with van der Waals surface area (Å²) in [4.78, 5) is 11.4. The highest BCUT2D eigenvalue weighted by Crippen LogP contribution is 2.47. The van der Waals surface area contributed by atoms with E-state index in [1.165, 1.54) is 0 Å². The molecular formula is C16H24O10. The number of carbonyl (C=O) groups is 1. The molecule has 3 aliphatic rings. The first-order valence-electron chi connectivity index (χ1n) is 8.54. The predicted octanol–water partition coefficient (Wildman–Crippen LogP) is -2.24. The first-order chi connectivity index (χ1) is 12.4. The van der Waals surface area contributed by atoms with Crippen LogP contribution in [0.2, 0.25) is 0 Å². The third kappa shape index (κ3) is 3.33. The van der Waals surface area contributed by atoms with Crippen molar-refractivity contribution >= 4 is 5.97 Å². The largest absolute Gasteiger partial charge is 0.478 e. The van der Waals surface area contributed by atoms with Crippen LogP contribution in [-0.2, 0) is 19.0 Å². The molecule has 0 bridgehead atoms. The highest BCUT2D eigenvalue weighted by molar-refractivity contribution is 5.87. The molecular weight excluding hydrogens is 352 g/mol. The Morgan fingerprint density at radius 1 is 1.08 bits per heavy atom. The molecule has 10 nitrogen and oxygen atoms in total. The SMILES string of the molecule is O=C(O)C1=CO[C@@H](O[C@@H]2O[C@H](CO)[C@@H](O)[C@H](O)[C@H]2O)C2[C@@H](CO)CC[C@H]12. The van der Waals surface area contributed by atoms with Crippen LogP contribution in [0.25, 0.3) is 0 Å². The second kappa shape index (κ2) is 7.77. The summed E-state index contributed by atoms with van der Waals surface area (Å²) in [6.45, 7) is -0.767. The Bertz CT molecular complexity index is 549. The second-order valence-corrected chi connectivity index (χ2v) is 6.92. The van der Waals surface area contributed by atoms with Crippen LogP contribution in [0.4, 0.5) is 0 Å². The van der Waals surface area contributed by atoms with Gasteiger partial charge in [-0.3, -0.25) is 0 Å². The van der Waals surface area contributed by atoms with Crippen molar-refractivity contribution in [1.29, 1.82) is 0 Å². The van der Waals surface area contributed by atoms with Crippen molar-refractivity contribution in [3.8, 4) is 0 Å². The van der Waals surface area contributed by atoms with Crippen molar-refractivity contribution in [3.05, 3.63) is 11.8 Å². The molecule has 0 aromatic heterocycles. The van der Waals surface area contributed by atoms with E-state index < -0.39 is 55.5 Å². The smallest absolute Gasteiger partial charge is 0.334 e. The minimum absolute atomic E-state index is 0.0969. The molecule has 0 amide bonds. The van der Waals surface area contributed by atoms with Crippen LogP contribution in [0, 0.1) is 17.8 Å². The number of carboxylic acid groups (broad SMARTS) is 1. The van der Waals surface area contributed by atoms with Crippen molar-refractivity contribution in [2.45, 2.75) is 49.8 Å². The van der Waals surface area contributed by atoms with Crippen LogP contribution in [0.3, 0.4) is 0 Å². The van der Waals surface area contributed by atoms with Gasteiger partial charge in [-0.15, -0.1) is 0 Å². The van der Waals surface area contributed by atoms with Crippen LogP contribution in [0.15, 0.2) is 11.8 Å². The number of rotatable bonds is 5. The molecule has 0 spiro atoms. The Kier molecular flexibility index (Phi) is 5.82. The lowest BCUT2D eigenvalue weighted by Crippen LogP contribution is -2.60. The molecule has 0 aromatic rings. The summed E-state index contributed by atoms with van der Waals surface area (Å²) in [5.74, 6) is -2.21. The fourth-order valence-corrected chi connectivity index (χ4v) is 4.06. The van der Waals surface area contributed by atoms with E-state index in [4.69, 9.17) is 14.2 Å². The lowest BCUT2D eigenvalue weighted by molar-refractivity contribution is -0.342. The first-order valence-corrected chi connectivity index (χ1v) is 8.54. The van der Waals surface area contributed by atoms with Crippen molar-refractivity contribution in [3.63, 3.8) is 0 Å². The van der Waals surface area contributed by atoms with Gasteiger partial charge in [-0.2, -0.15) is 0 Å². The van der Waals surface area contributed by atoms with Gasteiger partial charge >= 0.3 is 5.97 Å². The lowest BCUT2D eigenvalue weighted by Gasteiger charge is -2.43. The van der Waals surface area contributed by atoms with Crippen LogP contribution in [-0.4, -0.2) is 86.8 Å². The number of ether oxygens (including phenoxy) is 3. The van der Waals surface area contributed by atoms with Gasteiger partial charge in [0.05, 0.1) is 18.4 Å². The van der Waals surface area contributed by atoms with E-state index in [9.17, 15) is 35.4 Å². The molecule has 1 unspecified atom stereocenters. The first kappa shape index (κ1) is 19.5. The third-order valence-electron chi connectivity index (χ3n) is 5.50. The quantitative estimate of drug-likeness (QED) is 0.309. The molecule has 2 aliphatic heterocycles. The maximum absolute atomic E-state index is 11.4. The summed E-state index contributed by atoms with van der Waals surface area (Å²) in [7, 11) is 0. The Balaban J connectivity index is 1.79. The van der Waals surface area contributed by atoms with Crippen LogP contribution >= 0.6 is 0 Å². The fraction of sp³-hybridized carbons (Fsp3) is 0.812. The average Bonchev–Trinajstić information content (AvgIpc) is 3.06. The zero-order valence-corrected chi connectivity index (χ0v) is 13.9. The van der Waals surface area contributed by atoms with Crippen molar-refractivity contribution in [2.24, 2.45) is 17.8 Å². The summed E-state index contributed by atoms with van der Waals surface area (Å²) < 4.78 is 16.4. The monoisotopic (exact) mass is 376 g/mol. The molecule has 9 atom stereocenters. The minimum atomic E-state index is -1.59. The topological polar surface area (TPSA) is 166 Å². The van der Waals surface area contributed by atoms with E-state index in [0.717, 1.165) is 6.26 Å². The molecule has 1 saturated carbocycles. The minimum Gasteiger partial charge on any atom is -0.478 e. The van der Waals surface area contributed by atoms with E-state index in [1.54, 1.807) is 0 Å². The second-order valence-electron chi connectivity index (χ2n) is 6.92. The Morgan fingerprint density at radius 3 is 2.42 bits per heavy atom. The van der Waals surface area contributed by atoms with E-state index in [-0.39, 0.29) is 24.0 Å². The van der Waals surface area contributed by atoms with Crippen molar-refractivity contribution in [2.75, 3.05) is 13.2 Å². The lowest BCUT2D eigenvalue weighted by atomic mass is 9.83. The standard InChI is InChI=1S/C16H24O10/c17-3-6-1-2-7-8(14(22)23)5-24-15(10(6)7)26-16-13(21)12(20)11(19)9(4-18)25-16/h5-7,9-13,15-21H,1-4H2,(H,22,23)/t6-,7-,9-,10?,11-,12+,13-,15+,16+/m1/s1. The Morgan fingerprint density at radius 2 is 1.81 bits per heavy atom. The summed E-state index contributed by atoms with van der Waals surface area (Å²) in [6.07, 6.45) is -5.98. The Hall–Kier alpha value is -1.27. The normalized spacial score (nSPS) is 45.6. The molecule has 3 rings (SSSR count). The van der Waals surface area contributed by atoms with Crippen LogP contribution < -0.4 is 0 Å². The molecule has 148 valence electrons. The van der Waals surface area contributed by atoms with Gasteiger partial charge in [0.15, 0.2) is 6.29 Å². The van der Waals surface area contributed by atoms with Gasteiger partial charge in [0.2, 0.25) is 6.29 Å². The number of hydrogen-bond acceptors (Lipinski definition) is 9. The Labute approximate surface area is 149 Å². The molecule has 26 heavy (non-hydrogen) atoms. The average molecular weight is 376 g/mol. The summed E-state index contributed by atoms with van der Waals surface area (Å²) in [5, 5.41) is 57.9. The van der Waals surface area contributed by atoms with Gasteiger partial charge in [-0.25, -0.2) is 4.79 Å². The van der Waals surface area contributed by atoms with Gasteiger partial charge in [0.25, 0.3) is 0 Å².